The maximum Gasteiger partial charge on any atom is 0.0119 e. The third kappa shape index (κ3) is 8.26. The lowest BCUT2D eigenvalue weighted by Crippen LogP contribution is -2.43. The monoisotopic (exact) mass is 282 g/mol. The van der Waals surface area contributed by atoms with Gasteiger partial charge in [0.2, 0.25) is 0 Å². The van der Waals surface area contributed by atoms with E-state index in [0.717, 1.165) is 6.04 Å². The van der Waals surface area contributed by atoms with E-state index in [1.54, 1.807) is 0 Å². The van der Waals surface area contributed by atoms with E-state index in [9.17, 15) is 0 Å². The van der Waals surface area contributed by atoms with E-state index in [4.69, 9.17) is 0 Å². The van der Waals surface area contributed by atoms with Gasteiger partial charge in [0.05, 0.1) is 0 Å². The molecule has 2 heteroatoms. The van der Waals surface area contributed by atoms with Gasteiger partial charge in [-0.1, -0.05) is 58.8 Å². The molecule has 0 spiro atoms. The van der Waals surface area contributed by atoms with Gasteiger partial charge in [-0.05, 0) is 51.9 Å². The molecule has 0 saturated carbocycles. The fourth-order valence-electron chi connectivity index (χ4n) is 3.38. The van der Waals surface area contributed by atoms with Crippen LogP contribution in [-0.2, 0) is 0 Å². The Hall–Kier alpha value is -0.0800. The van der Waals surface area contributed by atoms with Crippen LogP contribution in [0.25, 0.3) is 0 Å². The topological polar surface area (TPSA) is 15.3 Å². The third-order valence-corrected chi connectivity index (χ3v) is 4.63. The smallest absolute Gasteiger partial charge is 0.0119 e. The molecule has 0 bridgehead atoms. The summed E-state index contributed by atoms with van der Waals surface area (Å²) in [5, 5.41) is 3.49. The largest absolute Gasteiger partial charge is 0.317 e. The Bertz CT molecular complexity index is 200. The van der Waals surface area contributed by atoms with Crippen molar-refractivity contribution in [2.75, 3.05) is 26.2 Å². The molecule has 2 nitrogen and oxygen atoms in total. The Balaban J connectivity index is 2.03. The molecule has 0 aromatic carbocycles. The normalized spacial score (nSPS) is 16.9. The summed E-state index contributed by atoms with van der Waals surface area (Å²) in [6, 6.07) is 0.862. The lowest BCUT2D eigenvalue weighted by Gasteiger charge is -2.34. The molecule has 1 rings (SSSR count). The Morgan fingerprint density at radius 2 is 1.35 bits per heavy atom. The molecular formula is C18H38N2. The van der Waals surface area contributed by atoms with Crippen LogP contribution in [0.3, 0.4) is 0 Å². The average molecular weight is 283 g/mol. The van der Waals surface area contributed by atoms with Crippen molar-refractivity contribution >= 4 is 0 Å². The highest BCUT2D eigenvalue weighted by Crippen LogP contribution is 2.15. The number of hydrogen-bond acceptors (Lipinski definition) is 2. The summed E-state index contributed by atoms with van der Waals surface area (Å²) in [6.45, 7) is 9.71. The van der Waals surface area contributed by atoms with E-state index in [1.807, 2.05) is 0 Å². The zero-order valence-corrected chi connectivity index (χ0v) is 14.1. The van der Waals surface area contributed by atoms with Crippen LogP contribution < -0.4 is 5.32 Å². The van der Waals surface area contributed by atoms with Crippen LogP contribution in [0.15, 0.2) is 0 Å². The molecular weight excluding hydrogens is 244 g/mol. The van der Waals surface area contributed by atoms with Crippen LogP contribution in [0.2, 0.25) is 0 Å². The average Bonchev–Trinajstić information content (AvgIpc) is 2.50. The molecule has 1 aliphatic heterocycles. The number of piperidine rings is 1. The first-order chi connectivity index (χ1) is 9.88. The maximum atomic E-state index is 3.49. The Kier molecular flexibility index (Phi) is 11.4. The molecule has 120 valence electrons. The summed E-state index contributed by atoms with van der Waals surface area (Å²) in [4.78, 5) is 2.78. The second kappa shape index (κ2) is 12.6. The van der Waals surface area contributed by atoms with E-state index in [2.05, 4.69) is 24.1 Å². The zero-order chi connectivity index (χ0) is 14.5. The number of nitrogens with zero attached hydrogens (tertiary/aromatic N) is 1. The molecule has 0 unspecified atom stereocenters. The second-order valence-corrected chi connectivity index (χ2v) is 6.49. The summed E-state index contributed by atoms with van der Waals surface area (Å²) in [5.74, 6) is 0. The van der Waals surface area contributed by atoms with Crippen molar-refractivity contribution in [1.82, 2.24) is 10.2 Å². The van der Waals surface area contributed by atoms with Gasteiger partial charge in [0.15, 0.2) is 0 Å². The van der Waals surface area contributed by atoms with Gasteiger partial charge < -0.3 is 10.2 Å². The van der Waals surface area contributed by atoms with Gasteiger partial charge in [0, 0.05) is 6.04 Å². The predicted octanol–water partition coefficient (Wildman–Crippen LogP) is 4.59. The van der Waals surface area contributed by atoms with Crippen molar-refractivity contribution in [3.8, 4) is 0 Å². The molecule has 20 heavy (non-hydrogen) atoms. The maximum absolute atomic E-state index is 3.49. The zero-order valence-electron chi connectivity index (χ0n) is 14.1. The fraction of sp³-hybridized carbons (Fsp3) is 1.00. The van der Waals surface area contributed by atoms with Crippen molar-refractivity contribution in [1.29, 1.82) is 0 Å². The fourth-order valence-corrected chi connectivity index (χ4v) is 3.38. The van der Waals surface area contributed by atoms with Gasteiger partial charge in [-0.15, -0.1) is 0 Å². The Morgan fingerprint density at radius 1 is 0.750 bits per heavy atom. The number of nitrogens with one attached hydrogen (secondary N) is 1. The summed E-state index contributed by atoms with van der Waals surface area (Å²) in [6.07, 6.45) is 15.5. The van der Waals surface area contributed by atoms with Crippen molar-refractivity contribution in [2.45, 2.75) is 90.5 Å². The highest BCUT2D eigenvalue weighted by molar-refractivity contribution is 4.77. The number of hydrogen-bond donors (Lipinski definition) is 1. The number of rotatable bonds is 12. The molecule has 0 radical (unpaired) electrons. The molecule has 1 heterocycles. The first-order valence-electron chi connectivity index (χ1n) is 9.33. The Labute approximate surface area is 127 Å². The third-order valence-electron chi connectivity index (χ3n) is 4.63. The lowest BCUT2D eigenvalue weighted by atomic mass is 10.0. The summed E-state index contributed by atoms with van der Waals surface area (Å²) in [5.41, 5.74) is 0. The number of unbranched alkanes of at least 4 members (excludes halogenated alkanes) is 7. The van der Waals surface area contributed by atoms with Gasteiger partial charge in [0.1, 0.15) is 0 Å². The first-order valence-corrected chi connectivity index (χ1v) is 9.33. The lowest BCUT2D eigenvalue weighted by molar-refractivity contribution is 0.159. The van der Waals surface area contributed by atoms with E-state index in [1.165, 1.54) is 96.8 Å². The summed E-state index contributed by atoms with van der Waals surface area (Å²) in [7, 11) is 0. The van der Waals surface area contributed by atoms with Crippen LogP contribution in [0, 0.1) is 0 Å². The van der Waals surface area contributed by atoms with Crippen molar-refractivity contribution in [3.63, 3.8) is 0 Å². The molecule has 0 amide bonds. The van der Waals surface area contributed by atoms with Crippen molar-refractivity contribution < 1.29 is 0 Å². The van der Waals surface area contributed by atoms with E-state index in [0.29, 0.717) is 0 Å². The molecule has 0 aromatic heterocycles. The van der Waals surface area contributed by atoms with Crippen LogP contribution in [-0.4, -0.2) is 37.1 Å². The highest BCUT2D eigenvalue weighted by atomic mass is 15.2. The van der Waals surface area contributed by atoms with E-state index >= 15 is 0 Å². The van der Waals surface area contributed by atoms with Gasteiger partial charge in [0.25, 0.3) is 0 Å². The molecule has 1 N–H and O–H groups in total. The van der Waals surface area contributed by atoms with Gasteiger partial charge in [-0.3, -0.25) is 0 Å². The summed E-state index contributed by atoms with van der Waals surface area (Å²) < 4.78 is 0. The molecule has 1 fully saturated rings. The molecule has 0 atom stereocenters. The Morgan fingerprint density at radius 3 is 1.95 bits per heavy atom. The van der Waals surface area contributed by atoms with Crippen LogP contribution in [0.4, 0.5) is 0 Å². The first kappa shape index (κ1) is 18.0. The molecule has 1 aliphatic rings. The van der Waals surface area contributed by atoms with E-state index < -0.39 is 0 Å². The van der Waals surface area contributed by atoms with Crippen molar-refractivity contribution in [3.05, 3.63) is 0 Å². The standard InChI is InChI=1S/C18H38N2/c1-3-5-6-7-8-9-10-11-17-20(16-4-2)18-12-14-19-15-13-18/h18-19H,3-17H2,1-2H3. The van der Waals surface area contributed by atoms with E-state index in [-0.39, 0.29) is 0 Å². The second-order valence-electron chi connectivity index (χ2n) is 6.49. The van der Waals surface area contributed by atoms with Gasteiger partial charge in [-0.2, -0.15) is 0 Å². The highest BCUT2D eigenvalue weighted by Gasteiger charge is 2.19. The van der Waals surface area contributed by atoms with Crippen LogP contribution in [0.1, 0.15) is 84.5 Å². The van der Waals surface area contributed by atoms with Crippen LogP contribution in [0.5, 0.6) is 0 Å². The quantitative estimate of drug-likeness (QED) is 0.527. The predicted molar refractivity (Wildman–Crippen MR) is 90.4 cm³/mol. The van der Waals surface area contributed by atoms with Crippen molar-refractivity contribution in [2.24, 2.45) is 0 Å². The molecule has 0 aliphatic carbocycles. The minimum atomic E-state index is 0.862. The summed E-state index contributed by atoms with van der Waals surface area (Å²) >= 11 is 0. The minimum Gasteiger partial charge on any atom is -0.317 e. The van der Waals surface area contributed by atoms with Gasteiger partial charge in [-0.25, -0.2) is 0 Å². The molecule has 1 saturated heterocycles. The molecule has 0 aromatic rings. The minimum absolute atomic E-state index is 0.862. The van der Waals surface area contributed by atoms with Gasteiger partial charge >= 0.3 is 0 Å². The SMILES string of the molecule is CCCCCCCCCCN(CCC)C1CCNCC1. The van der Waals surface area contributed by atoms with Crippen LogP contribution >= 0.6 is 0 Å².